The second kappa shape index (κ2) is 3.75. The first-order valence-corrected chi connectivity index (χ1v) is 4.70. The third-order valence-electron chi connectivity index (χ3n) is 2.37. The maximum Gasteiger partial charge on any atom is 0.213 e. The van der Waals surface area contributed by atoms with Crippen LogP contribution in [0.2, 0.25) is 0 Å². The van der Waals surface area contributed by atoms with Crippen LogP contribution < -0.4 is 10.5 Å². The van der Waals surface area contributed by atoms with Crippen LogP contribution in [0.4, 0.5) is 0 Å². The minimum Gasteiger partial charge on any atom is -0.474 e. The van der Waals surface area contributed by atoms with Gasteiger partial charge in [0.2, 0.25) is 5.88 Å². The van der Waals surface area contributed by atoms with Gasteiger partial charge in [0.15, 0.2) is 0 Å². The zero-order chi connectivity index (χ0) is 9.10. The Kier molecular flexibility index (Phi) is 2.45. The molecule has 1 aromatic heterocycles. The summed E-state index contributed by atoms with van der Waals surface area (Å²) in [5, 5.41) is 0. The summed E-state index contributed by atoms with van der Waals surface area (Å²) < 4.78 is 5.63. The van der Waals surface area contributed by atoms with Crippen molar-refractivity contribution in [2.75, 3.05) is 0 Å². The van der Waals surface area contributed by atoms with Gasteiger partial charge in [-0.15, -0.1) is 0 Å². The lowest BCUT2D eigenvalue weighted by atomic mass is 9.96. The first kappa shape index (κ1) is 8.51. The van der Waals surface area contributed by atoms with Gasteiger partial charge in [0.25, 0.3) is 0 Å². The monoisotopic (exact) mass is 178 g/mol. The molecule has 1 aliphatic rings. The Balaban J connectivity index is 2.01. The molecule has 1 heterocycles. The molecule has 0 amide bonds. The van der Waals surface area contributed by atoms with E-state index >= 15 is 0 Å². The number of ether oxygens (including phenoxy) is 1. The molecule has 70 valence electrons. The molecule has 0 atom stereocenters. The predicted octanol–water partition coefficient (Wildman–Crippen LogP) is 1.47. The number of pyridine rings is 1. The molecule has 0 bridgehead atoms. The van der Waals surface area contributed by atoms with Gasteiger partial charge in [-0.25, -0.2) is 4.98 Å². The van der Waals surface area contributed by atoms with E-state index in [4.69, 9.17) is 10.5 Å². The number of aromatic nitrogens is 1. The topological polar surface area (TPSA) is 48.1 Å². The Morgan fingerprint density at radius 3 is 3.00 bits per heavy atom. The Morgan fingerprint density at radius 1 is 1.54 bits per heavy atom. The molecule has 0 spiro atoms. The summed E-state index contributed by atoms with van der Waals surface area (Å²) in [6.45, 7) is 0.545. The number of rotatable bonds is 3. The van der Waals surface area contributed by atoms with Crippen LogP contribution in [0.3, 0.4) is 0 Å². The van der Waals surface area contributed by atoms with Crippen LogP contribution in [-0.2, 0) is 6.54 Å². The lowest BCUT2D eigenvalue weighted by Gasteiger charge is -2.25. The molecule has 0 aliphatic heterocycles. The van der Waals surface area contributed by atoms with Crippen molar-refractivity contribution in [1.29, 1.82) is 0 Å². The van der Waals surface area contributed by atoms with Crippen molar-refractivity contribution in [2.24, 2.45) is 5.73 Å². The van der Waals surface area contributed by atoms with E-state index in [2.05, 4.69) is 4.98 Å². The largest absolute Gasteiger partial charge is 0.474 e. The van der Waals surface area contributed by atoms with Gasteiger partial charge in [0, 0.05) is 18.8 Å². The normalized spacial score (nSPS) is 16.7. The van der Waals surface area contributed by atoms with Gasteiger partial charge in [0.1, 0.15) is 6.10 Å². The van der Waals surface area contributed by atoms with Crippen LogP contribution in [0.25, 0.3) is 0 Å². The summed E-state index contributed by atoms with van der Waals surface area (Å²) in [4.78, 5) is 4.13. The molecule has 1 saturated carbocycles. The van der Waals surface area contributed by atoms with Crippen molar-refractivity contribution in [3.8, 4) is 5.88 Å². The quantitative estimate of drug-likeness (QED) is 0.762. The van der Waals surface area contributed by atoms with Gasteiger partial charge in [0.05, 0.1) is 0 Å². The fourth-order valence-corrected chi connectivity index (χ4v) is 1.30. The van der Waals surface area contributed by atoms with Crippen molar-refractivity contribution < 1.29 is 4.74 Å². The second-order valence-electron chi connectivity index (χ2n) is 3.38. The Bertz CT molecular complexity index is 284. The Labute approximate surface area is 77.9 Å². The summed E-state index contributed by atoms with van der Waals surface area (Å²) >= 11 is 0. The van der Waals surface area contributed by atoms with Crippen LogP contribution in [0.15, 0.2) is 18.3 Å². The molecule has 0 radical (unpaired) electrons. The molecule has 3 heteroatoms. The van der Waals surface area contributed by atoms with Crippen molar-refractivity contribution in [2.45, 2.75) is 31.9 Å². The summed E-state index contributed by atoms with van der Waals surface area (Å²) in [5.74, 6) is 0.715. The standard InChI is InChI=1S/C10H14N2O/c11-7-8-4-5-12-10(6-8)13-9-2-1-3-9/h4-6,9H,1-3,7,11H2. The van der Waals surface area contributed by atoms with Crippen LogP contribution in [0.1, 0.15) is 24.8 Å². The molecule has 0 saturated heterocycles. The minimum absolute atomic E-state index is 0.389. The fourth-order valence-electron chi connectivity index (χ4n) is 1.30. The molecule has 1 aromatic rings. The van der Waals surface area contributed by atoms with Crippen LogP contribution in [0.5, 0.6) is 5.88 Å². The first-order valence-electron chi connectivity index (χ1n) is 4.70. The van der Waals surface area contributed by atoms with Crippen LogP contribution in [-0.4, -0.2) is 11.1 Å². The van der Waals surface area contributed by atoms with E-state index in [1.54, 1.807) is 6.20 Å². The number of nitrogens with zero attached hydrogens (tertiary/aromatic N) is 1. The van der Waals surface area contributed by atoms with Gasteiger partial charge < -0.3 is 10.5 Å². The van der Waals surface area contributed by atoms with E-state index in [0.717, 1.165) is 18.4 Å². The van der Waals surface area contributed by atoms with Crippen molar-refractivity contribution in [3.05, 3.63) is 23.9 Å². The smallest absolute Gasteiger partial charge is 0.213 e. The molecular weight excluding hydrogens is 164 g/mol. The van der Waals surface area contributed by atoms with Gasteiger partial charge in [-0.2, -0.15) is 0 Å². The highest BCUT2D eigenvalue weighted by molar-refractivity contribution is 5.20. The van der Waals surface area contributed by atoms with Gasteiger partial charge in [-0.05, 0) is 30.9 Å². The third-order valence-corrected chi connectivity index (χ3v) is 2.37. The van der Waals surface area contributed by atoms with E-state index in [1.165, 1.54) is 6.42 Å². The second-order valence-corrected chi connectivity index (χ2v) is 3.38. The van der Waals surface area contributed by atoms with E-state index < -0.39 is 0 Å². The van der Waals surface area contributed by atoms with Crippen molar-refractivity contribution in [1.82, 2.24) is 4.98 Å². The van der Waals surface area contributed by atoms with Crippen molar-refractivity contribution >= 4 is 0 Å². The summed E-state index contributed by atoms with van der Waals surface area (Å²) in [6.07, 6.45) is 5.74. The number of nitrogens with two attached hydrogens (primary N) is 1. The van der Waals surface area contributed by atoms with Gasteiger partial charge in [-0.1, -0.05) is 0 Å². The third kappa shape index (κ3) is 1.98. The van der Waals surface area contributed by atoms with Crippen LogP contribution >= 0.6 is 0 Å². The highest BCUT2D eigenvalue weighted by Gasteiger charge is 2.19. The van der Waals surface area contributed by atoms with Gasteiger partial charge >= 0.3 is 0 Å². The average molecular weight is 178 g/mol. The highest BCUT2D eigenvalue weighted by Crippen LogP contribution is 2.23. The van der Waals surface area contributed by atoms with E-state index in [-0.39, 0.29) is 0 Å². The lowest BCUT2D eigenvalue weighted by molar-refractivity contribution is 0.114. The average Bonchev–Trinajstić information content (AvgIpc) is 2.12. The highest BCUT2D eigenvalue weighted by atomic mass is 16.5. The molecule has 0 aromatic carbocycles. The van der Waals surface area contributed by atoms with Crippen LogP contribution in [0, 0.1) is 0 Å². The molecule has 2 N–H and O–H groups in total. The predicted molar refractivity (Wildman–Crippen MR) is 50.4 cm³/mol. The molecule has 0 unspecified atom stereocenters. The minimum atomic E-state index is 0.389. The van der Waals surface area contributed by atoms with E-state index in [0.29, 0.717) is 18.5 Å². The zero-order valence-electron chi connectivity index (χ0n) is 7.57. The zero-order valence-corrected chi connectivity index (χ0v) is 7.57. The summed E-state index contributed by atoms with van der Waals surface area (Å²) in [6, 6.07) is 3.83. The van der Waals surface area contributed by atoms with Crippen molar-refractivity contribution in [3.63, 3.8) is 0 Å². The van der Waals surface area contributed by atoms with E-state index in [1.807, 2.05) is 12.1 Å². The Morgan fingerprint density at radius 2 is 2.38 bits per heavy atom. The summed E-state index contributed by atoms with van der Waals surface area (Å²) in [5.41, 5.74) is 6.59. The molecule has 13 heavy (non-hydrogen) atoms. The maximum absolute atomic E-state index is 5.63. The summed E-state index contributed by atoms with van der Waals surface area (Å²) in [7, 11) is 0. The molecule has 3 nitrogen and oxygen atoms in total. The van der Waals surface area contributed by atoms with E-state index in [9.17, 15) is 0 Å². The molecular formula is C10H14N2O. The SMILES string of the molecule is NCc1ccnc(OC2CCC2)c1. The molecule has 1 fully saturated rings. The lowest BCUT2D eigenvalue weighted by Crippen LogP contribution is -2.25. The first-order chi connectivity index (χ1) is 6.38. The molecule has 1 aliphatic carbocycles. The number of hydrogen-bond acceptors (Lipinski definition) is 3. The Hall–Kier alpha value is -1.09. The van der Waals surface area contributed by atoms with Gasteiger partial charge in [-0.3, -0.25) is 0 Å². The molecule has 2 rings (SSSR count). The number of hydrogen-bond donors (Lipinski definition) is 1. The maximum atomic E-state index is 5.63. The fraction of sp³-hybridized carbons (Fsp3) is 0.500.